The summed E-state index contributed by atoms with van der Waals surface area (Å²) in [6.07, 6.45) is 4.57. The van der Waals surface area contributed by atoms with Crippen LogP contribution in [0.15, 0.2) is 48.8 Å². The molecule has 1 aromatic heterocycles. The van der Waals surface area contributed by atoms with Crippen molar-refractivity contribution in [3.05, 3.63) is 48.8 Å². The predicted molar refractivity (Wildman–Crippen MR) is 105 cm³/mol. The second-order valence-electron chi connectivity index (χ2n) is 6.65. The largest absolute Gasteiger partial charge is 0.493 e. The molecule has 0 fully saturated rings. The molecule has 4 rings (SSSR count). The highest BCUT2D eigenvalue weighted by Gasteiger charge is 2.19. The Hall–Kier alpha value is -2.99. The third-order valence-electron chi connectivity index (χ3n) is 4.41. The molecule has 2 heterocycles. The summed E-state index contributed by atoms with van der Waals surface area (Å²) in [4.78, 5) is 6.31. The Bertz CT molecular complexity index is 957. The first-order valence-corrected chi connectivity index (χ1v) is 8.79. The van der Waals surface area contributed by atoms with Crippen LogP contribution in [0.4, 0.5) is 11.5 Å². The third-order valence-corrected chi connectivity index (χ3v) is 4.41. The average molecular weight is 349 g/mol. The zero-order chi connectivity index (χ0) is 17.9. The fourth-order valence-corrected chi connectivity index (χ4v) is 3.17. The van der Waals surface area contributed by atoms with E-state index in [1.807, 2.05) is 24.3 Å². The molecule has 3 N–H and O–H groups in total. The Morgan fingerprint density at radius 2 is 2.04 bits per heavy atom. The van der Waals surface area contributed by atoms with Gasteiger partial charge in [0.2, 0.25) is 0 Å². The van der Waals surface area contributed by atoms with Crippen molar-refractivity contribution in [3.63, 3.8) is 0 Å². The molecule has 0 unspecified atom stereocenters. The molecule has 1 aromatic carbocycles. The maximum atomic E-state index is 6.05. The highest BCUT2D eigenvalue weighted by atomic mass is 16.5. The van der Waals surface area contributed by atoms with Crippen LogP contribution in [0.2, 0.25) is 0 Å². The van der Waals surface area contributed by atoms with Gasteiger partial charge in [0.15, 0.2) is 0 Å². The van der Waals surface area contributed by atoms with Crippen molar-refractivity contribution in [2.75, 3.05) is 32.6 Å². The van der Waals surface area contributed by atoms with Gasteiger partial charge in [-0.2, -0.15) is 0 Å². The van der Waals surface area contributed by atoms with E-state index >= 15 is 0 Å². The monoisotopic (exact) mass is 349 g/mol. The van der Waals surface area contributed by atoms with Gasteiger partial charge in [0.1, 0.15) is 11.6 Å². The van der Waals surface area contributed by atoms with Crippen LogP contribution < -0.4 is 10.1 Å². The number of benzene rings is 1. The lowest BCUT2D eigenvalue weighted by molar-refractivity contribution is 0.284. The summed E-state index contributed by atoms with van der Waals surface area (Å²) < 4.78 is 6.05. The van der Waals surface area contributed by atoms with Crippen LogP contribution >= 0.6 is 0 Å². The maximum Gasteiger partial charge on any atom is 0.132 e. The predicted octanol–water partition coefficient (Wildman–Crippen LogP) is 4.07. The van der Waals surface area contributed by atoms with Crippen LogP contribution in [0, 0.1) is 0 Å². The summed E-state index contributed by atoms with van der Waals surface area (Å²) in [5, 5.41) is 12.1. The topological polar surface area (TPSA) is 69.0 Å². The molecular weight excluding hydrogens is 326 g/mol. The fraction of sp³-hybridized carbons (Fsp3) is 0.250. The summed E-state index contributed by atoms with van der Waals surface area (Å²) in [6, 6.07) is 12.3. The Labute approximate surface area is 152 Å². The zero-order valence-electron chi connectivity index (χ0n) is 15.0. The van der Waals surface area contributed by atoms with Crippen LogP contribution in [-0.4, -0.2) is 47.3 Å². The smallest absolute Gasteiger partial charge is 0.132 e. The normalized spacial score (nSPS) is 11.5. The molecule has 0 bridgehead atoms. The first-order valence-electron chi connectivity index (χ1n) is 8.79. The summed E-state index contributed by atoms with van der Waals surface area (Å²) in [7, 11) is 4.15. The van der Waals surface area contributed by atoms with Crippen molar-refractivity contribution in [1.82, 2.24) is 20.1 Å². The number of hydrogen-bond acceptors (Lipinski definition) is 4. The minimum Gasteiger partial charge on any atom is -0.493 e. The van der Waals surface area contributed by atoms with Gasteiger partial charge in [-0.05, 0) is 44.8 Å². The Kier molecular flexibility index (Phi) is 4.50. The zero-order valence-corrected chi connectivity index (χ0v) is 15.0. The lowest BCUT2D eigenvalue weighted by Crippen LogP contribution is -2.15. The number of fused-ring (bicyclic) bond motifs is 3. The van der Waals surface area contributed by atoms with Crippen molar-refractivity contribution in [2.24, 2.45) is 0 Å². The Morgan fingerprint density at radius 3 is 2.85 bits per heavy atom. The van der Waals surface area contributed by atoms with Gasteiger partial charge in [0.05, 0.1) is 24.2 Å². The highest BCUT2D eigenvalue weighted by Crippen LogP contribution is 2.41. The second-order valence-corrected chi connectivity index (χ2v) is 6.65. The van der Waals surface area contributed by atoms with Gasteiger partial charge in [-0.3, -0.25) is 15.2 Å². The van der Waals surface area contributed by atoms with Gasteiger partial charge in [-0.15, -0.1) is 0 Å². The van der Waals surface area contributed by atoms with Crippen LogP contribution in [0.25, 0.3) is 22.0 Å². The Balaban J connectivity index is 1.60. The summed E-state index contributed by atoms with van der Waals surface area (Å²) in [6.45, 7) is 1.73. The summed E-state index contributed by atoms with van der Waals surface area (Å²) in [5.74, 6) is 1.85. The average Bonchev–Trinajstić information content (AvgIpc) is 3.20. The highest BCUT2D eigenvalue weighted by molar-refractivity contribution is 6.06. The molecule has 6 heteroatoms. The number of aromatic amines is 2. The fourth-order valence-electron chi connectivity index (χ4n) is 3.17. The number of aromatic nitrogens is 3. The van der Waals surface area contributed by atoms with Crippen molar-refractivity contribution in [2.45, 2.75) is 6.42 Å². The maximum absolute atomic E-state index is 6.05. The molecule has 0 spiro atoms. The lowest BCUT2D eigenvalue weighted by atomic mass is 10.2. The number of rotatable bonds is 7. The Morgan fingerprint density at radius 1 is 1.12 bits per heavy atom. The van der Waals surface area contributed by atoms with Crippen molar-refractivity contribution in [3.8, 4) is 17.0 Å². The number of ether oxygens (including phenoxy) is 1. The number of nitrogens with zero attached hydrogens (tertiary/aromatic N) is 2. The van der Waals surface area contributed by atoms with E-state index in [0.717, 1.165) is 52.3 Å². The first kappa shape index (κ1) is 16.5. The molecule has 0 saturated heterocycles. The van der Waals surface area contributed by atoms with E-state index in [4.69, 9.17) is 4.74 Å². The van der Waals surface area contributed by atoms with E-state index in [1.165, 1.54) is 0 Å². The molecule has 2 aromatic rings. The standard InChI is InChI=1S/C20H23N5O/c1-25(2)10-5-11-26-18-8-3-7-15-16(18)12-17-19(15)23-24-20(17)22-14-6-4-9-21-13-14/h3-4,6-9,12-13,22-24H,5,10-11H2,1-2H3. The van der Waals surface area contributed by atoms with Gasteiger partial charge in [0.25, 0.3) is 0 Å². The molecule has 1 aliphatic carbocycles. The van der Waals surface area contributed by atoms with Crippen LogP contribution in [0.1, 0.15) is 6.42 Å². The van der Waals surface area contributed by atoms with E-state index < -0.39 is 0 Å². The van der Waals surface area contributed by atoms with Gasteiger partial charge in [-0.25, -0.2) is 0 Å². The number of nitrogens with one attached hydrogen (secondary N) is 3. The van der Waals surface area contributed by atoms with Gasteiger partial charge in [-0.1, -0.05) is 12.1 Å². The summed E-state index contributed by atoms with van der Waals surface area (Å²) >= 11 is 0. The van der Waals surface area contributed by atoms with Crippen LogP contribution in [-0.2, 0) is 0 Å². The minimum atomic E-state index is 0.712. The van der Waals surface area contributed by atoms with E-state index in [0.29, 0.717) is 6.61 Å². The van der Waals surface area contributed by atoms with Crippen LogP contribution in [0.3, 0.4) is 0 Å². The molecule has 2 aliphatic rings. The van der Waals surface area contributed by atoms with Gasteiger partial charge >= 0.3 is 0 Å². The van der Waals surface area contributed by atoms with Gasteiger partial charge in [0, 0.05) is 29.1 Å². The SMILES string of the molecule is CN(C)CCCOc1cccc2c3[nH][nH]c(Nc4cccnc4)c-3cc12. The first-order chi connectivity index (χ1) is 12.7. The molecule has 0 atom stereocenters. The number of anilines is 2. The minimum absolute atomic E-state index is 0.712. The van der Waals surface area contributed by atoms with E-state index in [9.17, 15) is 0 Å². The number of H-pyrrole nitrogens is 2. The molecular formula is C20H23N5O. The summed E-state index contributed by atoms with van der Waals surface area (Å²) in [5.41, 5.74) is 3.12. The van der Waals surface area contributed by atoms with Gasteiger partial charge < -0.3 is 15.0 Å². The third kappa shape index (κ3) is 3.23. The number of hydrogen-bond donors (Lipinski definition) is 3. The number of pyridine rings is 1. The van der Waals surface area contributed by atoms with E-state index in [-0.39, 0.29) is 0 Å². The van der Waals surface area contributed by atoms with Crippen molar-refractivity contribution in [1.29, 1.82) is 0 Å². The molecule has 134 valence electrons. The molecule has 6 nitrogen and oxygen atoms in total. The lowest BCUT2D eigenvalue weighted by Gasteiger charge is -2.11. The van der Waals surface area contributed by atoms with E-state index in [2.05, 4.69) is 51.6 Å². The van der Waals surface area contributed by atoms with Crippen molar-refractivity contribution < 1.29 is 4.74 Å². The molecule has 0 radical (unpaired) electrons. The molecule has 0 amide bonds. The molecule has 0 saturated carbocycles. The van der Waals surface area contributed by atoms with E-state index in [1.54, 1.807) is 12.4 Å². The second kappa shape index (κ2) is 7.09. The molecule has 1 aliphatic heterocycles. The van der Waals surface area contributed by atoms with Crippen molar-refractivity contribution >= 4 is 22.3 Å². The quantitative estimate of drug-likeness (QED) is 0.440. The van der Waals surface area contributed by atoms with Crippen LogP contribution in [0.5, 0.6) is 5.75 Å². The molecule has 26 heavy (non-hydrogen) atoms.